The third-order valence-corrected chi connectivity index (χ3v) is 4.34. The minimum Gasteiger partial charge on any atom is -0.489 e. The minimum atomic E-state index is -0.106. The van der Waals surface area contributed by atoms with Crippen LogP contribution < -0.4 is 9.47 Å². The van der Waals surface area contributed by atoms with Gasteiger partial charge in [0.05, 0.1) is 18.2 Å². The van der Waals surface area contributed by atoms with Crippen LogP contribution in [-0.4, -0.2) is 61.0 Å². The molecule has 0 unspecified atom stereocenters. The molecule has 2 aliphatic rings. The van der Waals surface area contributed by atoms with Crippen molar-refractivity contribution in [3.63, 3.8) is 0 Å². The number of hydrogen-bond donors (Lipinski definition) is 0. The number of carbonyl (C=O) groups is 2. The molecular weight excluding hydrogens is 320 g/mol. The first kappa shape index (κ1) is 15.9. The lowest BCUT2D eigenvalue weighted by Gasteiger charge is -2.34. The summed E-state index contributed by atoms with van der Waals surface area (Å²) in [5.74, 6) is 0.948. The highest BCUT2D eigenvalue weighted by Gasteiger charge is 2.25. The number of benzene rings is 1. The molecule has 3 rings (SSSR count). The van der Waals surface area contributed by atoms with Crippen LogP contribution in [0.3, 0.4) is 0 Å². The number of piperazine rings is 1. The number of rotatable bonds is 1. The Morgan fingerprint density at radius 2 is 1.70 bits per heavy atom. The molecule has 0 aromatic heterocycles. The first-order chi connectivity index (χ1) is 11.1. The normalized spacial score (nSPS) is 17.7. The van der Waals surface area contributed by atoms with Crippen molar-refractivity contribution in [1.82, 2.24) is 9.80 Å². The van der Waals surface area contributed by atoms with E-state index in [4.69, 9.17) is 21.1 Å². The number of nitrogens with zero attached hydrogens (tertiary/aromatic N) is 2. The van der Waals surface area contributed by atoms with Gasteiger partial charge in [-0.1, -0.05) is 11.6 Å². The Balaban J connectivity index is 1.77. The third-order valence-electron chi connectivity index (χ3n) is 4.06. The fraction of sp³-hybridized carbons (Fsp3) is 0.500. The molecule has 2 amide bonds. The predicted molar refractivity (Wildman–Crippen MR) is 85.2 cm³/mol. The molecule has 23 heavy (non-hydrogen) atoms. The molecule has 1 aromatic rings. The molecular formula is C16H19ClN2O4. The summed E-state index contributed by atoms with van der Waals surface area (Å²) in [6.45, 7) is 4.78. The highest BCUT2D eigenvalue weighted by molar-refractivity contribution is 6.32. The molecule has 0 bridgehead atoms. The number of amides is 2. The van der Waals surface area contributed by atoms with Crippen molar-refractivity contribution in [3.8, 4) is 11.5 Å². The number of fused-ring (bicyclic) bond motifs is 1. The molecule has 2 aliphatic heterocycles. The average Bonchev–Trinajstić information content (AvgIpc) is 2.80. The number of ether oxygens (including phenoxy) is 2. The number of carbonyl (C=O) groups excluding carboxylic acids is 2. The van der Waals surface area contributed by atoms with E-state index in [2.05, 4.69) is 0 Å². The maximum atomic E-state index is 12.7. The van der Waals surface area contributed by atoms with Crippen molar-refractivity contribution in [2.75, 3.05) is 39.4 Å². The van der Waals surface area contributed by atoms with Crippen molar-refractivity contribution in [2.24, 2.45) is 0 Å². The van der Waals surface area contributed by atoms with E-state index < -0.39 is 0 Å². The zero-order valence-corrected chi connectivity index (χ0v) is 13.8. The maximum absolute atomic E-state index is 12.7. The summed E-state index contributed by atoms with van der Waals surface area (Å²) < 4.78 is 11.2. The monoisotopic (exact) mass is 338 g/mol. The average molecular weight is 339 g/mol. The van der Waals surface area contributed by atoms with Crippen LogP contribution in [0.2, 0.25) is 5.02 Å². The molecule has 0 atom stereocenters. The Hall–Kier alpha value is -1.95. The van der Waals surface area contributed by atoms with E-state index in [1.165, 1.54) is 0 Å². The molecule has 0 radical (unpaired) electrons. The van der Waals surface area contributed by atoms with E-state index in [1.807, 2.05) is 0 Å². The highest BCUT2D eigenvalue weighted by atomic mass is 35.5. The van der Waals surface area contributed by atoms with Crippen LogP contribution in [0.5, 0.6) is 11.5 Å². The predicted octanol–water partition coefficient (Wildman–Crippen LogP) is 1.81. The van der Waals surface area contributed by atoms with E-state index in [-0.39, 0.29) is 11.8 Å². The Morgan fingerprint density at radius 1 is 1.04 bits per heavy atom. The summed E-state index contributed by atoms with van der Waals surface area (Å²) in [5, 5.41) is 0.384. The number of hydrogen-bond acceptors (Lipinski definition) is 4. The van der Waals surface area contributed by atoms with E-state index in [0.29, 0.717) is 61.5 Å². The lowest BCUT2D eigenvalue weighted by atomic mass is 10.1. The van der Waals surface area contributed by atoms with Crippen LogP contribution in [0.15, 0.2) is 12.1 Å². The van der Waals surface area contributed by atoms with Gasteiger partial charge >= 0.3 is 0 Å². The first-order valence-electron chi connectivity index (χ1n) is 7.70. The summed E-state index contributed by atoms with van der Waals surface area (Å²) in [6.07, 6.45) is 0.779. The molecule has 7 heteroatoms. The SMILES string of the molecule is CC(=O)N1CCN(C(=O)c2cc(Cl)c3c(c2)OCCCO3)CC1. The van der Waals surface area contributed by atoms with Gasteiger partial charge in [0, 0.05) is 45.1 Å². The van der Waals surface area contributed by atoms with Gasteiger partial charge in [-0.2, -0.15) is 0 Å². The molecule has 0 spiro atoms. The van der Waals surface area contributed by atoms with E-state index in [1.54, 1.807) is 28.9 Å². The lowest BCUT2D eigenvalue weighted by molar-refractivity contribution is -0.130. The topological polar surface area (TPSA) is 59.1 Å². The van der Waals surface area contributed by atoms with Gasteiger partial charge in [0.25, 0.3) is 5.91 Å². The van der Waals surface area contributed by atoms with Crippen LogP contribution in [0.1, 0.15) is 23.7 Å². The summed E-state index contributed by atoms with van der Waals surface area (Å²) in [4.78, 5) is 27.5. The molecule has 1 saturated heterocycles. The standard InChI is InChI=1S/C16H19ClN2O4/c1-11(20)18-3-5-19(6-4-18)16(21)12-9-13(17)15-14(10-12)22-7-2-8-23-15/h9-10H,2-8H2,1H3. The van der Waals surface area contributed by atoms with Gasteiger partial charge in [-0.25, -0.2) is 0 Å². The van der Waals surface area contributed by atoms with Crippen LogP contribution >= 0.6 is 11.6 Å². The second-order valence-electron chi connectivity index (χ2n) is 5.63. The summed E-state index contributed by atoms with van der Waals surface area (Å²) >= 11 is 6.24. The van der Waals surface area contributed by atoms with Crippen LogP contribution in [0, 0.1) is 0 Å². The van der Waals surface area contributed by atoms with E-state index in [0.717, 1.165) is 6.42 Å². The summed E-state index contributed by atoms with van der Waals surface area (Å²) in [7, 11) is 0. The smallest absolute Gasteiger partial charge is 0.254 e. The van der Waals surface area contributed by atoms with E-state index >= 15 is 0 Å². The number of halogens is 1. The lowest BCUT2D eigenvalue weighted by Crippen LogP contribution is -2.50. The zero-order chi connectivity index (χ0) is 16.4. The molecule has 0 aliphatic carbocycles. The van der Waals surface area contributed by atoms with Gasteiger partial charge in [-0.05, 0) is 12.1 Å². The molecule has 124 valence electrons. The van der Waals surface area contributed by atoms with Crippen LogP contribution in [0.4, 0.5) is 0 Å². The Kier molecular flexibility index (Phi) is 4.61. The van der Waals surface area contributed by atoms with Crippen molar-refractivity contribution < 1.29 is 19.1 Å². The van der Waals surface area contributed by atoms with Gasteiger partial charge in [-0.15, -0.1) is 0 Å². The zero-order valence-electron chi connectivity index (χ0n) is 13.0. The minimum absolute atomic E-state index is 0.0377. The Labute approximate surface area is 139 Å². The van der Waals surface area contributed by atoms with Crippen molar-refractivity contribution >= 4 is 23.4 Å². The molecule has 1 fully saturated rings. The summed E-state index contributed by atoms with van der Waals surface area (Å²) in [5.41, 5.74) is 0.482. The fourth-order valence-corrected chi connectivity index (χ4v) is 3.03. The van der Waals surface area contributed by atoms with Crippen molar-refractivity contribution in [2.45, 2.75) is 13.3 Å². The van der Waals surface area contributed by atoms with Gasteiger partial charge in [0.2, 0.25) is 5.91 Å². The molecule has 0 N–H and O–H groups in total. The Bertz CT molecular complexity index is 627. The van der Waals surface area contributed by atoms with Gasteiger partial charge in [0.1, 0.15) is 0 Å². The van der Waals surface area contributed by atoms with Gasteiger partial charge < -0.3 is 19.3 Å². The maximum Gasteiger partial charge on any atom is 0.254 e. The fourth-order valence-electron chi connectivity index (χ4n) is 2.76. The largest absolute Gasteiger partial charge is 0.489 e. The molecule has 2 heterocycles. The Morgan fingerprint density at radius 3 is 2.39 bits per heavy atom. The van der Waals surface area contributed by atoms with Crippen molar-refractivity contribution in [1.29, 1.82) is 0 Å². The van der Waals surface area contributed by atoms with Gasteiger partial charge in [0.15, 0.2) is 11.5 Å². The first-order valence-corrected chi connectivity index (χ1v) is 8.08. The molecule has 6 nitrogen and oxygen atoms in total. The third kappa shape index (κ3) is 3.37. The van der Waals surface area contributed by atoms with E-state index in [9.17, 15) is 9.59 Å². The molecule has 0 saturated carbocycles. The molecule has 1 aromatic carbocycles. The highest BCUT2D eigenvalue weighted by Crippen LogP contribution is 2.38. The van der Waals surface area contributed by atoms with Gasteiger partial charge in [-0.3, -0.25) is 9.59 Å². The second-order valence-corrected chi connectivity index (χ2v) is 6.04. The van der Waals surface area contributed by atoms with Crippen LogP contribution in [0.25, 0.3) is 0 Å². The summed E-state index contributed by atoms with van der Waals surface area (Å²) in [6, 6.07) is 3.31. The quantitative estimate of drug-likeness (QED) is 0.783. The van der Waals surface area contributed by atoms with Crippen molar-refractivity contribution in [3.05, 3.63) is 22.7 Å². The second kappa shape index (κ2) is 6.66. The van der Waals surface area contributed by atoms with Crippen LogP contribution in [-0.2, 0) is 4.79 Å².